The highest BCUT2D eigenvalue weighted by Gasteiger charge is 1.99. The Morgan fingerprint density at radius 1 is 1.47 bits per heavy atom. The van der Waals surface area contributed by atoms with E-state index < -0.39 is 5.91 Å². The molecule has 0 bridgehead atoms. The van der Waals surface area contributed by atoms with Gasteiger partial charge in [0.05, 0.1) is 0 Å². The van der Waals surface area contributed by atoms with Gasteiger partial charge in [-0.3, -0.25) is 4.79 Å². The molecule has 0 saturated heterocycles. The van der Waals surface area contributed by atoms with Gasteiger partial charge in [0.25, 0.3) is 0 Å². The van der Waals surface area contributed by atoms with E-state index in [1.54, 1.807) is 18.2 Å². The topological polar surface area (TPSA) is 55.1 Å². The lowest BCUT2D eigenvalue weighted by molar-refractivity contribution is 0.100. The fourth-order valence-corrected chi connectivity index (χ4v) is 1.23. The number of hydrogen-bond donors (Lipinski definition) is 2. The van der Waals surface area contributed by atoms with E-state index in [0.717, 1.165) is 5.69 Å². The molecule has 80 valence electrons. The number of rotatable bonds is 5. The molecule has 0 aliphatic heterocycles. The lowest BCUT2D eigenvalue weighted by Gasteiger charge is -2.04. The van der Waals surface area contributed by atoms with Crippen molar-refractivity contribution in [2.45, 2.75) is 0 Å². The van der Waals surface area contributed by atoms with Crippen LogP contribution in [-0.4, -0.2) is 18.3 Å². The van der Waals surface area contributed by atoms with Gasteiger partial charge >= 0.3 is 0 Å². The zero-order chi connectivity index (χ0) is 11.1. The van der Waals surface area contributed by atoms with Gasteiger partial charge in [0.2, 0.25) is 5.91 Å². The molecule has 0 unspecified atom stereocenters. The van der Waals surface area contributed by atoms with Gasteiger partial charge in [-0.2, -0.15) is 0 Å². The number of alkyl halides is 1. The van der Waals surface area contributed by atoms with Crippen LogP contribution in [0, 0.1) is 0 Å². The average Bonchev–Trinajstić information content (AvgIpc) is 2.25. The normalized spacial score (nSPS) is 10.5. The molecule has 1 aromatic rings. The van der Waals surface area contributed by atoms with Crippen LogP contribution in [0.15, 0.2) is 36.4 Å². The molecule has 1 aromatic carbocycles. The van der Waals surface area contributed by atoms with Gasteiger partial charge in [-0.25, -0.2) is 0 Å². The molecule has 0 heterocycles. The largest absolute Gasteiger partial charge is 0.382 e. The molecule has 3 N–H and O–H groups in total. The van der Waals surface area contributed by atoms with Gasteiger partial charge in [-0.05, 0) is 18.2 Å². The summed E-state index contributed by atoms with van der Waals surface area (Å²) >= 11 is 5.47. The third kappa shape index (κ3) is 4.04. The maximum atomic E-state index is 10.9. The highest BCUT2D eigenvalue weighted by molar-refractivity contribution is 6.18. The second-order valence-electron chi connectivity index (χ2n) is 2.95. The van der Waals surface area contributed by atoms with Gasteiger partial charge in [0.1, 0.15) is 0 Å². The van der Waals surface area contributed by atoms with Crippen LogP contribution in [0.25, 0.3) is 0 Å². The molecular formula is C11H13ClN2O. The summed E-state index contributed by atoms with van der Waals surface area (Å²) in [5.41, 5.74) is 6.53. The van der Waals surface area contributed by atoms with Crippen LogP contribution in [0.1, 0.15) is 10.4 Å². The minimum Gasteiger partial charge on any atom is -0.382 e. The first-order valence-electron chi connectivity index (χ1n) is 4.58. The summed E-state index contributed by atoms with van der Waals surface area (Å²) in [5.74, 6) is 0.0816. The molecule has 0 aliphatic rings. The molecule has 0 atom stereocenters. The summed E-state index contributed by atoms with van der Waals surface area (Å²) in [6.45, 7) is 0.676. The first-order valence-corrected chi connectivity index (χ1v) is 5.12. The van der Waals surface area contributed by atoms with Crippen molar-refractivity contribution in [3.05, 3.63) is 42.0 Å². The Kier molecular flexibility index (Phi) is 4.71. The number of primary amides is 1. The Morgan fingerprint density at radius 2 is 2.27 bits per heavy atom. The van der Waals surface area contributed by atoms with Crippen molar-refractivity contribution < 1.29 is 4.79 Å². The van der Waals surface area contributed by atoms with E-state index in [4.69, 9.17) is 17.3 Å². The number of nitrogens with two attached hydrogens (primary N) is 1. The molecule has 1 rings (SSSR count). The maximum absolute atomic E-state index is 10.9. The lowest BCUT2D eigenvalue weighted by atomic mass is 10.2. The quantitative estimate of drug-likeness (QED) is 0.594. The predicted molar refractivity (Wildman–Crippen MR) is 63.3 cm³/mol. The van der Waals surface area contributed by atoms with Crippen molar-refractivity contribution in [2.75, 3.05) is 17.7 Å². The second-order valence-corrected chi connectivity index (χ2v) is 3.26. The minimum atomic E-state index is -0.421. The molecule has 0 fully saturated rings. The van der Waals surface area contributed by atoms with Crippen molar-refractivity contribution in [2.24, 2.45) is 5.73 Å². The van der Waals surface area contributed by atoms with Crippen LogP contribution in [0.4, 0.5) is 5.69 Å². The maximum Gasteiger partial charge on any atom is 0.248 e. The number of amides is 1. The number of carbonyl (C=O) groups is 1. The Morgan fingerprint density at radius 3 is 2.93 bits per heavy atom. The molecule has 0 radical (unpaired) electrons. The van der Waals surface area contributed by atoms with Crippen LogP contribution >= 0.6 is 11.6 Å². The zero-order valence-corrected chi connectivity index (χ0v) is 9.00. The Labute approximate surface area is 93.9 Å². The third-order valence-corrected chi connectivity index (χ3v) is 2.01. The summed E-state index contributed by atoms with van der Waals surface area (Å²) in [5, 5.41) is 3.12. The number of nitrogens with one attached hydrogen (secondary N) is 1. The van der Waals surface area contributed by atoms with E-state index in [1.807, 2.05) is 18.2 Å². The Hall–Kier alpha value is -1.48. The van der Waals surface area contributed by atoms with Gasteiger partial charge in [-0.15, -0.1) is 11.6 Å². The Balaban J connectivity index is 2.58. The molecule has 15 heavy (non-hydrogen) atoms. The van der Waals surface area contributed by atoms with Crippen molar-refractivity contribution in [1.29, 1.82) is 0 Å². The SMILES string of the molecule is NC(=O)c1cccc(NC/C=C/CCl)c1. The number of allylic oxidation sites excluding steroid dienone is 1. The van der Waals surface area contributed by atoms with Crippen LogP contribution in [0.2, 0.25) is 0 Å². The van der Waals surface area contributed by atoms with E-state index in [0.29, 0.717) is 18.0 Å². The number of benzene rings is 1. The molecule has 0 saturated carbocycles. The lowest BCUT2D eigenvalue weighted by Crippen LogP contribution is -2.11. The van der Waals surface area contributed by atoms with Crippen molar-refractivity contribution in [3.8, 4) is 0 Å². The van der Waals surface area contributed by atoms with Gasteiger partial charge in [-0.1, -0.05) is 18.2 Å². The van der Waals surface area contributed by atoms with Gasteiger partial charge in [0.15, 0.2) is 0 Å². The summed E-state index contributed by atoms with van der Waals surface area (Å²) in [7, 11) is 0. The minimum absolute atomic E-state index is 0.421. The summed E-state index contributed by atoms with van der Waals surface area (Å²) in [4.78, 5) is 10.9. The molecule has 0 spiro atoms. The van der Waals surface area contributed by atoms with E-state index in [2.05, 4.69) is 5.32 Å². The molecule has 4 heteroatoms. The summed E-state index contributed by atoms with van der Waals surface area (Å²) in [6.07, 6.45) is 3.77. The molecule has 0 aliphatic carbocycles. The molecule has 1 amide bonds. The first kappa shape index (κ1) is 11.6. The number of hydrogen-bond acceptors (Lipinski definition) is 2. The van der Waals surface area contributed by atoms with Gasteiger partial charge < -0.3 is 11.1 Å². The molecule has 0 aromatic heterocycles. The average molecular weight is 225 g/mol. The molecule has 3 nitrogen and oxygen atoms in total. The predicted octanol–water partition coefficient (Wildman–Crippen LogP) is 1.99. The fraction of sp³-hybridized carbons (Fsp3) is 0.182. The monoisotopic (exact) mass is 224 g/mol. The standard InChI is InChI=1S/C11H13ClN2O/c12-6-1-2-7-14-10-5-3-4-9(8-10)11(13)15/h1-5,8,14H,6-7H2,(H2,13,15)/b2-1+. The van der Waals surface area contributed by atoms with E-state index >= 15 is 0 Å². The zero-order valence-electron chi connectivity index (χ0n) is 8.24. The van der Waals surface area contributed by atoms with Crippen LogP contribution in [0.5, 0.6) is 0 Å². The van der Waals surface area contributed by atoms with Crippen molar-refractivity contribution in [3.63, 3.8) is 0 Å². The number of anilines is 1. The van der Waals surface area contributed by atoms with Crippen molar-refractivity contribution >= 4 is 23.2 Å². The van der Waals surface area contributed by atoms with E-state index in [9.17, 15) is 4.79 Å². The van der Waals surface area contributed by atoms with Crippen molar-refractivity contribution in [1.82, 2.24) is 0 Å². The summed E-state index contributed by atoms with van der Waals surface area (Å²) < 4.78 is 0. The van der Waals surface area contributed by atoms with E-state index in [1.165, 1.54) is 0 Å². The van der Waals surface area contributed by atoms with Crippen LogP contribution in [-0.2, 0) is 0 Å². The highest BCUT2D eigenvalue weighted by atomic mass is 35.5. The summed E-state index contributed by atoms with van der Waals surface area (Å²) in [6, 6.07) is 7.06. The number of carbonyl (C=O) groups excluding carboxylic acids is 1. The Bertz CT molecular complexity index is 363. The number of halogens is 1. The van der Waals surface area contributed by atoms with Crippen LogP contribution < -0.4 is 11.1 Å². The highest BCUT2D eigenvalue weighted by Crippen LogP contribution is 2.09. The fourth-order valence-electron chi connectivity index (χ4n) is 1.11. The second kappa shape index (κ2) is 6.09. The van der Waals surface area contributed by atoms with E-state index in [-0.39, 0.29) is 0 Å². The van der Waals surface area contributed by atoms with Crippen LogP contribution in [0.3, 0.4) is 0 Å². The first-order chi connectivity index (χ1) is 7.24. The smallest absolute Gasteiger partial charge is 0.248 e. The molecular weight excluding hydrogens is 212 g/mol. The third-order valence-electron chi connectivity index (χ3n) is 1.83. The van der Waals surface area contributed by atoms with Gasteiger partial charge in [0, 0.05) is 23.7 Å².